The zero-order valence-electron chi connectivity index (χ0n) is 10.5. The van der Waals surface area contributed by atoms with Crippen LogP contribution in [0.1, 0.15) is 25.5 Å². The normalized spacial score (nSPS) is 25.3. The summed E-state index contributed by atoms with van der Waals surface area (Å²) in [5.41, 5.74) is 0.324. The summed E-state index contributed by atoms with van der Waals surface area (Å²) in [6.07, 6.45) is 2.37. The predicted octanol–water partition coefficient (Wildman–Crippen LogP) is 0.689. The molecule has 2 rings (SSSR count). The van der Waals surface area contributed by atoms with Crippen molar-refractivity contribution < 1.29 is 22.8 Å². The van der Waals surface area contributed by atoms with E-state index in [4.69, 9.17) is 5.11 Å². The van der Waals surface area contributed by atoms with Gasteiger partial charge in [0.2, 0.25) is 10.0 Å². The average molecular weight is 288 g/mol. The molecule has 1 aliphatic heterocycles. The van der Waals surface area contributed by atoms with Crippen LogP contribution >= 0.6 is 0 Å². The summed E-state index contributed by atoms with van der Waals surface area (Å²) >= 11 is 0. The number of hydrogen-bond donors (Lipinski definition) is 1. The number of carboxylic acids is 1. The Kier molecular flexibility index (Phi) is 3.91. The second-order valence-corrected chi connectivity index (χ2v) is 6.70. The third-order valence-corrected chi connectivity index (χ3v) is 5.24. The Morgan fingerprint density at radius 3 is 2.89 bits per heavy atom. The monoisotopic (exact) mass is 288 g/mol. The molecule has 8 heteroatoms. The lowest BCUT2D eigenvalue weighted by molar-refractivity contribution is -0.143. The zero-order valence-corrected chi connectivity index (χ0v) is 11.3. The molecule has 0 radical (unpaired) electrons. The molecule has 2 heterocycles. The maximum atomic E-state index is 12.3. The molecule has 1 aliphatic rings. The van der Waals surface area contributed by atoms with Gasteiger partial charge in [-0.2, -0.15) is 4.31 Å². The third kappa shape index (κ3) is 3.13. The molecule has 0 amide bonds. The van der Waals surface area contributed by atoms with E-state index in [1.54, 1.807) is 6.92 Å². The van der Waals surface area contributed by atoms with Gasteiger partial charge in [-0.25, -0.2) is 8.42 Å². The SMILES string of the molecule is CC1CCC(C(=O)O)CN1S(=O)(=O)Cc1ccon1. The summed E-state index contributed by atoms with van der Waals surface area (Å²) in [4.78, 5) is 11.0. The summed E-state index contributed by atoms with van der Waals surface area (Å²) in [5.74, 6) is -1.85. The van der Waals surface area contributed by atoms with Crippen LogP contribution in [0.3, 0.4) is 0 Å². The Morgan fingerprint density at radius 2 is 2.32 bits per heavy atom. The van der Waals surface area contributed by atoms with Gasteiger partial charge in [0.05, 0.1) is 11.6 Å². The van der Waals surface area contributed by atoms with Gasteiger partial charge in [-0.3, -0.25) is 4.79 Å². The molecule has 0 bridgehead atoms. The van der Waals surface area contributed by atoms with Crippen LogP contribution in [0.15, 0.2) is 16.9 Å². The molecular formula is C11H16N2O5S. The molecular weight excluding hydrogens is 272 g/mol. The molecule has 1 fully saturated rings. The van der Waals surface area contributed by atoms with Crippen molar-refractivity contribution in [3.63, 3.8) is 0 Å². The van der Waals surface area contributed by atoms with E-state index >= 15 is 0 Å². The van der Waals surface area contributed by atoms with Crippen LogP contribution in [-0.2, 0) is 20.6 Å². The molecule has 0 aromatic carbocycles. The quantitative estimate of drug-likeness (QED) is 0.874. The van der Waals surface area contributed by atoms with Crippen molar-refractivity contribution in [2.24, 2.45) is 5.92 Å². The van der Waals surface area contributed by atoms with E-state index in [-0.39, 0.29) is 18.3 Å². The Morgan fingerprint density at radius 1 is 1.58 bits per heavy atom. The first-order valence-electron chi connectivity index (χ1n) is 6.01. The lowest BCUT2D eigenvalue weighted by atomic mass is 9.96. The Balaban J connectivity index is 2.15. The molecule has 1 saturated heterocycles. The van der Waals surface area contributed by atoms with Gasteiger partial charge in [0.15, 0.2) is 0 Å². The first-order valence-corrected chi connectivity index (χ1v) is 7.62. The highest BCUT2D eigenvalue weighted by atomic mass is 32.2. The minimum Gasteiger partial charge on any atom is -0.481 e. The van der Waals surface area contributed by atoms with Gasteiger partial charge >= 0.3 is 5.97 Å². The van der Waals surface area contributed by atoms with E-state index in [0.717, 1.165) is 0 Å². The fraction of sp³-hybridized carbons (Fsp3) is 0.636. The summed E-state index contributed by atoms with van der Waals surface area (Å²) in [6.45, 7) is 1.81. The molecule has 2 unspecified atom stereocenters. The summed E-state index contributed by atoms with van der Waals surface area (Å²) in [7, 11) is -3.57. The van der Waals surface area contributed by atoms with E-state index in [1.807, 2.05) is 0 Å². The number of aromatic nitrogens is 1. The van der Waals surface area contributed by atoms with Crippen LogP contribution in [0, 0.1) is 5.92 Å². The highest BCUT2D eigenvalue weighted by molar-refractivity contribution is 7.88. The number of sulfonamides is 1. The Labute approximate surface area is 111 Å². The first-order chi connectivity index (χ1) is 8.90. The van der Waals surface area contributed by atoms with Gasteiger partial charge in [0.1, 0.15) is 12.0 Å². The van der Waals surface area contributed by atoms with Gasteiger partial charge in [-0.05, 0) is 19.8 Å². The molecule has 1 aromatic heterocycles. The Bertz CT molecular complexity index is 539. The smallest absolute Gasteiger partial charge is 0.307 e. The number of piperidine rings is 1. The van der Waals surface area contributed by atoms with Gasteiger partial charge in [0.25, 0.3) is 0 Å². The maximum Gasteiger partial charge on any atom is 0.307 e. The topological polar surface area (TPSA) is 101 Å². The molecule has 7 nitrogen and oxygen atoms in total. The number of rotatable bonds is 4. The van der Waals surface area contributed by atoms with E-state index in [2.05, 4.69) is 9.68 Å². The fourth-order valence-electron chi connectivity index (χ4n) is 2.25. The maximum absolute atomic E-state index is 12.3. The van der Waals surface area contributed by atoms with Gasteiger partial charge in [0, 0.05) is 18.7 Å². The zero-order chi connectivity index (χ0) is 14.0. The van der Waals surface area contributed by atoms with Crippen molar-refractivity contribution in [1.82, 2.24) is 9.46 Å². The van der Waals surface area contributed by atoms with Crippen LogP contribution in [0.2, 0.25) is 0 Å². The van der Waals surface area contributed by atoms with Crippen molar-refractivity contribution in [2.75, 3.05) is 6.54 Å². The van der Waals surface area contributed by atoms with Crippen LogP contribution in [0.4, 0.5) is 0 Å². The highest BCUT2D eigenvalue weighted by Gasteiger charge is 2.36. The molecule has 106 valence electrons. The van der Waals surface area contributed by atoms with E-state index in [1.165, 1.54) is 16.6 Å². The van der Waals surface area contributed by atoms with Crippen molar-refractivity contribution >= 4 is 16.0 Å². The predicted molar refractivity (Wildman–Crippen MR) is 65.7 cm³/mol. The van der Waals surface area contributed by atoms with Crippen molar-refractivity contribution in [3.8, 4) is 0 Å². The van der Waals surface area contributed by atoms with E-state index < -0.39 is 21.9 Å². The van der Waals surface area contributed by atoms with Crippen molar-refractivity contribution in [3.05, 3.63) is 18.0 Å². The van der Waals surface area contributed by atoms with E-state index in [9.17, 15) is 13.2 Å². The highest BCUT2D eigenvalue weighted by Crippen LogP contribution is 2.26. The molecule has 1 N–H and O–H groups in total. The Hall–Kier alpha value is -1.41. The third-order valence-electron chi connectivity index (χ3n) is 3.35. The lowest BCUT2D eigenvalue weighted by Crippen LogP contribution is -2.47. The van der Waals surface area contributed by atoms with Crippen LogP contribution in [0.25, 0.3) is 0 Å². The van der Waals surface area contributed by atoms with Crippen molar-refractivity contribution in [1.29, 1.82) is 0 Å². The number of carboxylic acid groups (broad SMARTS) is 1. The summed E-state index contributed by atoms with van der Waals surface area (Å²) in [6, 6.07) is 1.30. The van der Waals surface area contributed by atoms with Crippen LogP contribution < -0.4 is 0 Å². The van der Waals surface area contributed by atoms with Gasteiger partial charge < -0.3 is 9.63 Å². The van der Waals surface area contributed by atoms with Crippen LogP contribution in [0.5, 0.6) is 0 Å². The average Bonchev–Trinajstić information content (AvgIpc) is 2.81. The molecule has 1 aromatic rings. The summed E-state index contributed by atoms with van der Waals surface area (Å²) < 4.78 is 30.4. The number of hydrogen-bond acceptors (Lipinski definition) is 5. The van der Waals surface area contributed by atoms with Gasteiger partial charge in [-0.1, -0.05) is 5.16 Å². The number of carbonyl (C=O) groups is 1. The number of aliphatic carboxylic acids is 1. The summed E-state index contributed by atoms with van der Waals surface area (Å²) in [5, 5.41) is 12.6. The fourth-order valence-corrected chi connectivity index (χ4v) is 4.00. The van der Waals surface area contributed by atoms with Crippen molar-refractivity contribution in [2.45, 2.75) is 31.6 Å². The first kappa shape index (κ1) is 14.0. The number of nitrogens with zero attached hydrogens (tertiary/aromatic N) is 2. The minimum absolute atomic E-state index is 0.0245. The molecule has 19 heavy (non-hydrogen) atoms. The minimum atomic E-state index is -3.57. The molecule has 0 saturated carbocycles. The molecule has 0 aliphatic carbocycles. The largest absolute Gasteiger partial charge is 0.481 e. The lowest BCUT2D eigenvalue weighted by Gasteiger charge is -2.35. The van der Waals surface area contributed by atoms with Crippen LogP contribution in [-0.4, -0.2) is 41.5 Å². The second kappa shape index (κ2) is 5.30. The van der Waals surface area contributed by atoms with Gasteiger partial charge in [-0.15, -0.1) is 0 Å². The van der Waals surface area contributed by atoms with E-state index in [0.29, 0.717) is 18.5 Å². The standard InChI is InChI=1S/C11H16N2O5S/c1-8-2-3-9(11(14)15)6-13(8)19(16,17)7-10-4-5-18-12-10/h4-5,8-9H,2-3,6-7H2,1H3,(H,14,15). The molecule has 0 spiro atoms. The molecule has 2 atom stereocenters. The second-order valence-electron chi connectivity index (χ2n) is 4.78.